The van der Waals surface area contributed by atoms with Gasteiger partial charge >= 0.3 is 6.03 Å². The van der Waals surface area contributed by atoms with Crippen LogP contribution in [0.2, 0.25) is 10.0 Å². The Balaban J connectivity index is 2.13. The van der Waals surface area contributed by atoms with Crippen LogP contribution in [0, 0.1) is 0 Å². The molecule has 2 N–H and O–H groups in total. The van der Waals surface area contributed by atoms with E-state index in [2.05, 4.69) is 10.6 Å². The molecule has 24 heavy (non-hydrogen) atoms. The van der Waals surface area contributed by atoms with Crippen LogP contribution in [-0.4, -0.2) is 11.8 Å². The number of nitrogens with one attached hydrogen (secondary N) is 2. The number of Topliss-reactive ketones (excluding diaryl/α,β-unsaturated/α-hetero) is 1. The molecule has 0 atom stereocenters. The minimum atomic E-state index is -0.661. The fourth-order valence-corrected chi connectivity index (χ4v) is 2.52. The van der Waals surface area contributed by atoms with Gasteiger partial charge in [-0.2, -0.15) is 0 Å². The maximum atomic E-state index is 12.3. The van der Waals surface area contributed by atoms with Crippen LogP contribution >= 0.6 is 23.2 Å². The summed E-state index contributed by atoms with van der Waals surface area (Å²) < 4.78 is 0. The number of urea groups is 1. The molecule has 0 aromatic heterocycles. The van der Waals surface area contributed by atoms with E-state index in [1.807, 2.05) is 19.9 Å². The molecule has 0 saturated carbocycles. The largest absolute Gasteiger partial charge is 0.329 e. The fourth-order valence-electron chi connectivity index (χ4n) is 2.22. The van der Waals surface area contributed by atoms with E-state index in [9.17, 15) is 9.59 Å². The minimum Gasteiger partial charge on any atom is -0.329 e. The summed E-state index contributed by atoms with van der Waals surface area (Å²) in [6, 6.07) is 11.7. The van der Waals surface area contributed by atoms with Gasteiger partial charge in [-0.15, -0.1) is 0 Å². The van der Waals surface area contributed by atoms with E-state index >= 15 is 0 Å². The molecule has 0 fully saturated rings. The summed E-state index contributed by atoms with van der Waals surface area (Å²) >= 11 is 11.8. The average Bonchev–Trinajstić information content (AvgIpc) is 2.50. The van der Waals surface area contributed by atoms with Crippen LogP contribution < -0.4 is 10.6 Å². The molecule has 126 valence electrons. The Kier molecular flexibility index (Phi) is 5.52. The lowest BCUT2D eigenvalue weighted by atomic mass is 9.92. The Bertz CT molecular complexity index is 788. The molecule has 6 heteroatoms. The summed E-state index contributed by atoms with van der Waals surface area (Å²) in [5.74, 6) is -0.0205. The number of hydrogen-bond acceptors (Lipinski definition) is 2. The van der Waals surface area contributed by atoms with Gasteiger partial charge in [-0.1, -0.05) is 41.4 Å². The van der Waals surface area contributed by atoms with Gasteiger partial charge in [0.2, 0.25) is 0 Å². The lowest BCUT2D eigenvalue weighted by Gasteiger charge is -2.27. The van der Waals surface area contributed by atoms with Gasteiger partial charge in [0.05, 0.1) is 15.6 Å². The standard InChI is InChI=1S/C18H18Cl2N2O2/c1-11(23)12-5-4-6-13(9-12)18(2,3)22-17(24)21-14-7-8-15(19)16(20)10-14/h4-10H,1-3H3,(H2,21,22,24). The van der Waals surface area contributed by atoms with E-state index in [-0.39, 0.29) is 11.8 Å². The van der Waals surface area contributed by atoms with E-state index in [1.165, 1.54) is 6.92 Å². The van der Waals surface area contributed by atoms with Crippen molar-refractivity contribution in [2.45, 2.75) is 26.3 Å². The third-order valence-electron chi connectivity index (χ3n) is 3.59. The molecule has 0 radical (unpaired) electrons. The molecular weight excluding hydrogens is 347 g/mol. The molecule has 0 aliphatic carbocycles. The van der Waals surface area contributed by atoms with Crippen molar-refractivity contribution in [3.8, 4) is 0 Å². The van der Waals surface area contributed by atoms with Gasteiger partial charge in [0.25, 0.3) is 0 Å². The smallest absolute Gasteiger partial charge is 0.319 e. The van der Waals surface area contributed by atoms with Gasteiger partial charge in [0.15, 0.2) is 5.78 Å². The summed E-state index contributed by atoms with van der Waals surface area (Å²) in [6.45, 7) is 5.23. The molecule has 0 heterocycles. The van der Waals surface area contributed by atoms with E-state index in [4.69, 9.17) is 23.2 Å². The number of carbonyl (C=O) groups excluding carboxylic acids is 2. The predicted octanol–water partition coefficient (Wildman–Crippen LogP) is 5.25. The van der Waals surface area contributed by atoms with Crippen molar-refractivity contribution in [3.63, 3.8) is 0 Å². The Labute approximate surface area is 151 Å². The first-order valence-corrected chi connectivity index (χ1v) is 8.10. The molecule has 0 saturated heterocycles. The first kappa shape index (κ1) is 18.3. The number of rotatable bonds is 4. The van der Waals surface area contributed by atoms with Crippen LogP contribution in [0.5, 0.6) is 0 Å². The monoisotopic (exact) mass is 364 g/mol. The Morgan fingerprint density at radius 1 is 1.00 bits per heavy atom. The van der Waals surface area contributed by atoms with Crippen molar-refractivity contribution in [3.05, 3.63) is 63.6 Å². The zero-order chi connectivity index (χ0) is 17.9. The van der Waals surface area contributed by atoms with Crippen LogP contribution in [-0.2, 0) is 5.54 Å². The molecule has 0 spiro atoms. The van der Waals surface area contributed by atoms with Crippen LogP contribution in [0.4, 0.5) is 10.5 Å². The Morgan fingerprint density at radius 2 is 1.71 bits per heavy atom. The number of halogens is 2. The molecule has 0 aliphatic heterocycles. The molecule has 0 unspecified atom stereocenters. The molecule has 0 aliphatic rings. The van der Waals surface area contributed by atoms with E-state index < -0.39 is 5.54 Å². The highest BCUT2D eigenvalue weighted by molar-refractivity contribution is 6.42. The predicted molar refractivity (Wildman–Crippen MR) is 98.1 cm³/mol. The van der Waals surface area contributed by atoms with Gasteiger partial charge < -0.3 is 10.6 Å². The van der Waals surface area contributed by atoms with E-state index in [0.717, 1.165) is 5.56 Å². The van der Waals surface area contributed by atoms with Gasteiger partial charge in [-0.25, -0.2) is 4.79 Å². The zero-order valence-corrected chi connectivity index (χ0v) is 15.1. The topological polar surface area (TPSA) is 58.2 Å². The van der Waals surface area contributed by atoms with E-state index in [0.29, 0.717) is 21.3 Å². The summed E-state index contributed by atoms with van der Waals surface area (Å²) in [6.07, 6.45) is 0. The highest BCUT2D eigenvalue weighted by Crippen LogP contribution is 2.25. The quantitative estimate of drug-likeness (QED) is 0.727. The first-order chi connectivity index (χ1) is 11.2. The number of anilines is 1. The number of benzene rings is 2. The van der Waals surface area contributed by atoms with Crippen LogP contribution in [0.3, 0.4) is 0 Å². The van der Waals surface area contributed by atoms with Crippen molar-refractivity contribution >= 4 is 40.7 Å². The van der Waals surface area contributed by atoms with Gasteiger partial charge in [-0.3, -0.25) is 4.79 Å². The second-order valence-corrected chi connectivity index (χ2v) is 6.78. The SMILES string of the molecule is CC(=O)c1cccc(C(C)(C)NC(=O)Nc2ccc(Cl)c(Cl)c2)c1. The molecule has 2 rings (SSSR count). The van der Waals surface area contributed by atoms with Crippen molar-refractivity contribution < 1.29 is 9.59 Å². The average molecular weight is 365 g/mol. The summed E-state index contributed by atoms with van der Waals surface area (Å²) in [5, 5.41) is 6.38. The maximum absolute atomic E-state index is 12.3. The summed E-state index contributed by atoms with van der Waals surface area (Å²) in [5.41, 5.74) is 1.31. The summed E-state index contributed by atoms with van der Waals surface area (Å²) in [7, 11) is 0. The van der Waals surface area contributed by atoms with Crippen LogP contribution in [0.25, 0.3) is 0 Å². The number of ketones is 1. The third kappa shape index (κ3) is 4.49. The minimum absolute atomic E-state index is 0.0205. The molecule has 2 aromatic carbocycles. The maximum Gasteiger partial charge on any atom is 0.319 e. The molecule has 0 bridgehead atoms. The van der Waals surface area contributed by atoms with Crippen molar-refractivity contribution in [2.75, 3.05) is 5.32 Å². The molecule has 2 aromatic rings. The lowest BCUT2D eigenvalue weighted by molar-refractivity contribution is 0.101. The van der Waals surface area contributed by atoms with Crippen LogP contribution in [0.15, 0.2) is 42.5 Å². The highest BCUT2D eigenvalue weighted by Gasteiger charge is 2.23. The normalized spacial score (nSPS) is 11.0. The van der Waals surface area contributed by atoms with Crippen molar-refractivity contribution in [1.82, 2.24) is 5.32 Å². The van der Waals surface area contributed by atoms with E-state index in [1.54, 1.807) is 36.4 Å². The number of hydrogen-bond donors (Lipinski definition) is 2. The highest BCUT2D eigenvalue weighted by atomic mass is 35.5. The second kappa shape index (κ2) is 7.24. The Hall–Kier alpha value is -2.04. The number of carbonyl (C=O) groups is 2. The molecule has 2 amide bonds. The van der Waals surface area contributed by atoms with Crippen LogP contribution in [0.1, 0.15) is 36.7 Å². The molecule has 4 nitrogen and oxygen atoms in total. The Morgan fingerprint density at radius 3 is 2.33 bits per heavy atom. The fraction of sp³-hybridized carbons (Fsp3) is 0.222. The van der Waals surface area contributed by atoms with Gasteiger partial charge in [0.1, 0.15) is 0 Å². The summed E-state index contributed by atoms with van der Waals surface area (Å²) in [4.78, 5) is 23.8. The van der Waals surface area contributed by atoms with Crippen molar-refractivity contribution in [2.24, 2.45) is 0 Å². The number of amides is 2. The molecular formula is C18H18Cl2N2O2. The van der Waals surface area contributed by atoms with Gasteiger partial charge in [-0.05, 0) is 50.6 Å². The zero-order valence-electron chi connectivity index (χ0n) is 13.6. The van der Waals surface area contributed by atoms with Crippen molar-refractivity contribution in [1.29, 1.82) is 0 Å². The van der Waals surface area contributed by atoms with Gasteiger partial charge in [0, 0.05) is 11.3 Å². The lowest BCUT2D eigenvalue weighted by Crippen LogP contribution is -2.43. The second-order valence-electron chi connectivity index (χ2n) is 5.97. The third-order valence-corrected chi connectivity index (χ3v) is 4.33. The first-order valence-electron chi connectivity index (χ1n) is 7.35.